The number of ether oxygens (including phenoxy) is 1. The Kier molecular flexibility index (Phi) is 2.92. The molecule has 1 aromatic heterocycles. The summed E-state index contributed by atoms with van der Waals surface area (Å²) in [6, 6.07) is -0.310. The van der Waals surface area contributed by atoms with Crippen molar-refractivity contribution in [3.8, 4) is 0 Å². The molecule has 0 spiro atoms. The summed E-state index contributed by atoms with van der Waals surface area (Å²) in [7, 11) is 0. The van der Waals surface area contributed by atoms with Gasteiger partial charge in [-0.3, -0.25) is 10.2 Å². The molecule has 0 aliphatic carbocycles. The number of anilines is 1. The SMILES string of the molecule is Cc1nc2c([nH]1)CN([C@H]1C[C@H](O)[C@@H](CO)O1)C(=O)N2. The number of aliphatic hydroxyl groups is 2. The standard InChI is InChI=1S/C11H16N4O4/c1-5-12-6-3-15(11(18)14-10(6)13-5)9-2-7(17)8(4-16)19-9/h7-9,16-17H,2-4H2,1H3,(H,12,13)(H,14,18)/t7-,8+,9+/m0/s1. The number of carbonyl (C=O) groups is 1. The number of carbonyl (C=O) groups excluding carboxylic acids is 1. The lowest BCUT2D eigenvalue weighted by atomic mass is 10.2. The van der Waals surface area contributed by atoms with E-state index in [0.29, 0.717) is 18.8 Å². The van der Waals surface area contributed by atoms with Gasteiger partial charge in [0.15, 0.2) is 5.82 Å². The predicted molar refractivity (Wildman–Crippen MR) is 64.3 cm³/mol. The second-order valence-corrected chi connectivity index (χ2v) is 4.82. The molecule has 1 aromatic rings. The molecule has 3 rings (SSSR count). The molecule has 104 valence electrons. The van der Waals surface area contributed by atoms with Gasteiger partial charge in [-0.25, -0.2) is 9.78 Å². The molecule has 19 heavy (non-hydrogen) atoms. The summed E-state index contributed by atoms with van der Waals surface area (Å²) >= 11 is 0. The van der Waals surface area contributed by atoms with E-state index in [1.165, 1.54) is 4.90 Å². The number of rotatable bonds is 2. The minimum Gasteiger partial charge on any atom is -0.394 e. The molecular formula is C11H16N4O4. The van der Waals surface area contributed by atoms with Crippen molar-refractivity contribution < 1.29 is 19.7 Å². The number of H-pyrrole nitrogens is 1. The number of nitrogens with zero attached hydrogens (tertiary/aromatic N) is 2. The minimum atomic E-state index is -0.757. The van der Waals surface area contributed by atoms with Crippen molar-refractivity contribution in [3.63, 3.8) is 0 Å². The van der Waals surface area contributed by atoms with Gasteiger partial charge in [0, 0.05) is 6.42 Å². The zero-order valence-corrected chi connectivity index (χ0v) is 10.5. The number of imidazole rings is 1. The lowest BCUT2D eigenvalue weighted by molar-refractivity contribution is -0.0655. The average Bonchev–Trinajstić information content (AvgIpc) is 2.89. The van der Waals surface area contributed by atoms with Crippen LogP contribution in [-0.4, -0.2) is 56.2 Å². The highest BCUT2D eigenvalue weighted by atomic mass is 16.5. The molecule has 3 atom stereocenters. The van der Waals surface area contributed by atoms with Gasteiger partial charge in [-0.15, -0.1) is 0 Å². The smallest absolute Gasteiger partial charge is 0.325 e. The highest BCUT2D eigenvalue weighted by molar-refractivity contribution is 5.91. The van der Waals surface area contributed by atoms with Gasteiger partial charge in [0.1, 0.15) is 18.2 Å². The van der Waals surface area contributed by atoms with Gasteiger partial charge in [-0.1, -0.05) is 0 Å². The van der Waals surface area contributed by atoms with Crippen molar-refractivity contribution in [2.24, 2.45) is 0 Å². The number of aliphatic hydroxyl groups excluding tert-OH is 2. The van der Waals surface area contributed by atoms with Crippen LogP contribution in [0.15, 0.2) is 0 Å². The number of urea groups is 1. The van der Waals surface area contributed by atoms with Gasteiger partial charge in [0.25, 0.3) is 0 Å². The Morgan fingerprint density at radius 3 is 3.05 bits per heavy atom. The number of hydrogen-bond acceptors (Lipinski definition) is 5. The number of aromatic amines is 1. The number of nitrogens with one attached hydrogen (secondary N) is 2. The summed E-state index contributed by atoms with van der Waals surface area (Å²) in [6.45, 7) is 1.89. The molecule has 8 nitrogen and oxygen atoms in total. The Morgan fingerprint density at radius 2 is 2.37 bits per heavy atom. The molecule has 4 N–H and O–H groups in total. The predicted octanol–water partition coefficient (Wildman–Crippen LogP) is -0.466. The van der Waals surface area contributed by atoms with Gasteiger partial charge in [-0.05, 0) is 6.92 Å². The van der Waals surface area contributed by atoms with Gasteiger partial charge in [-0.2, -0.15) is 0 Å². The molecule has 0 aromatic carbocycles. The molecule has 0 bridgehead atoms. The summed E-state index contributed by atoms with van der Waals surface area (Å²) in [6.07, 6.45) is -1.64. The normalized spacial score (nSPS) is 30.4. The van der Waals surface area contributed by atoms with E-state index < -0.39 is 18.4 Å². The van der Waals surface area contributed by atoms with Crippen molar-refractivity contribution in [1.29, 1.82) is 0 Å². The molecule has 2 aliphatic rings. The summed E-state index contributed by atoms with van der Waals surface area (Å²) < 4.78 is 5.49. The Labute approximate surface area is 109 Å². The van der Waals surface area contributed by atoms with Crippen LogP contribution in [0, 0.1) is 6.92 Å². The largest absolute Gasteiger partial charge is 0.394 e. The highest BCUT2D eigenvalue weighted by Crippen LogP contribution is 2.28. The first-order valence-corrected chi connectivity index (χ1v) is 6.16. The van der Waals surface area contributed by atoms with E-state index in [2.05, 4.69) is 15.3 Å². The van der Waals surface area contributed by atoms with Crippen LogP contribution in [0.2, 0.25) is 0 Å². The van der Waals surface area contributed by atoms with Crippen LogP contribution in [-0.2, 0) is 11.3 Å². The Balaban J connectivity index is 1.78. The van der Waals surface area contributed by atoms with E-state index in [9.17, 15) is 9.90 Å². The topological polar surface area (TPSA) is 111 Å². The molecular weight excluding hydrogens is 252 g/mol. The van der Waals surface area contributed by atoms with Crippen molar-refractivity contribution in [3.05, 3.63) is 11.5 Å². The first-order chi connectivity index (χ1) is 9.08. The van der Waals surface area contributed by atoms with E-state index >= 15 is 0 Å². The zero-order chi connectivity index (χ0) is 13.6. The number of hydrogen-bond donors (Lipinski definition) is 4. The van der Waals surface area contributed by atoms with E-state index in [1.54, 1.807) is 0 Å². The maximum absolute atomic E-state index is 12.0. The Morgan fingerprint density at radius 1 is 1.58 bits per heavy atom. The fourth-order valence-electron chi connectivity index (χ4n) is 2.48. The summed E-state index contributed by atoms with van der Waals surface area (Å²) in [5.74, 6) is 1.27. The van der Waals surface area contributed by atoms with E-state index in [0.717, 1.165) is 11.5 Å². The van der Waals surface area contributed by atoms with Crippen LogP contribution in [0.3, 0.4) is 0 Å². The van der Waals surface area contributed by atoms with Crippen molar-refractivity contribution in [2.45, 2.75) is 38.3 Å². The van der Waals surface area contributed by atoms with Crippen LogP contribution in [0.1, 0.15) is 17.9 Å². The number of amides is 2. The highest BCUT2D eigenvalue weighted by Gasteiger charge is 2.40. The molecule has 1 saturated heterocycles. The van der Waals surface area contributed by atoms with Gasteiger partial charge >= 0.3 is 6.03 Å². The Bertz CT molecular complexity index is 503. The lowest BCUT2D eigenvalue weighted by Crippen LogP contribution is -2.45. The Hall–Kier alpha value is -1.64. The number of aromatic nitrogens is 2. The number of fused-ring (bicyclic) bond motifs is 1. The van der Waals surface area contributed by atoms with Crippen LogP contribution < -0.4 is 5.32 Å². The quantitative estimate of drug-likeness (QED) is 0.579. The average molecular weight is 268 g/mol. The number of aryl methyl sites for hydroxylation is 1. The molecule has 1 fully saturated rings. The van der Waals surface area contributed by atoms with Crippen LogP contribution in [0.25, 0.3) is 0 Å². The third-order valence-electron chi connectivity index (χ3n) is 3.44. The molecule has 0 saturated carbocycles. The molecule has 2 aliphatic heterocycles. The summed E-state index contributed by atoms with van der Waals surface area (Å²) in [5.41, 5.74) is 0.808. The molecule has 0 radical (unpaired) electrons. The van der Waals surface area contributed by atoms with E-state index in [-0.39, 0.29) is 12.6 Å². The maximum atomic E-state index is 12.0. The van der Waals surface area contributed by atoms with E-state index in [4.69, 9.17) is 9.84 Å². The monoisotopic (exact) mass is 268 g/mol. The zero-order valence-electron chi connectivity index (χ0n) is 10.5. The van der Waals surface area contributed by atoms with Crippen LogP contribution in [0.4, 0.5) is 10.6 Å². The fourth-order valence-corrected chi connectivity index (χ4v) is 2.48. The van der Waals surface area contributed by atoms with Gasteiger partial charge in [0.05, 0.1) is 24.9 Å². The van der Waals surface area contributed by atoms with Crippen LogP contribution >= 0.6 is 0 Å². The molecule has 0 unspecified atom stereocenters. The van der Waals surface area contributed by atoms with Crippen molar-refractivity contribution in [2.75, 3.05) is 11.9 Å². The minimum absolute atomic E-state index is 0.262. The fraction of sp³-hybridized carbons (Fsp3) is 0.636. The maximum Gasteiger partial charge on any atom is 0.325 e. The lowest BCUT2D eigenvalue weighted by Gasteiger charge is -2.31. The van der Waals surface area contributed by atoms with E-state index in [1.807, 2.05) is 6.92 Å². The van der Waals surface area contributed by atoms with Gasteiger partial charge < -0.3 is 19.9 Å². The van der Waals surface area contributed by atoms with Crippen molar-refractivity contribution in [1.82, 2.24) is 14.9 Å². The second kappa shape index (κ2) is 4.48. The van der Waals surface area contributed by atoms with Crippen LogP contribution in [0.5, 0.6) is 0 Å². The molecule has 8 heteroatoms. The second-order valence-electron chi connectivity index (χ2n) is 4.82. The first-order valence-electron chi connectivity index (χ1n) is 6.16. The molecule has 2 amide bonds. The van der Waals surface area contributed by atoms with Crippen molar-refractivity contribution >= 4 is 11.8 Å². The summed E-state index contributed by atoms with van der Waals surface area (Å²) in [4.78, 5) is 20.7. The third-order valence-corrected chi connectivity index (χ3v) is 3.44. The van der Waals surface area contributed by atoms with Gasteiger partial charge in [0.2, 0.25) is 0 Å². The summed E-state index contributed by atoms with van der Waals surface area (Å²) in [5, 5.41) is 21.4. The molecule has 3 heterocycles. The third kappa shape index (κ3) is 2.07. The first kappa shape index (κ1) is 12.4.